The average Bonchev–Trinajstić information content (AvgIpc) is 2.98. The summed E-state index contributed by atoms with van der Waals surface area (Å²) in [4.78, 5) is 0. The van der Waals surface area contributed by atoms with Crippen LogP contribution in [-0.4, -0.2) is 17.3 Å². The number of aromatic hydroxyl groups is 1. The van der Waals surface area contributed by atoms with Gasteiger partial charge in [-0.25, -0.2) is 9.13 Å². The van der Waals surface area contributed by atoms with Crippen molar-refractivity contribution in [1.82, 2.24) is 0 Å². The van der Waals surface area contributed by atoms with Gasteiger partial charge in [-0.2, -0.15) is 0 Å². The predicted molar refractivity (Wildman–Crippen MR) is 191 cm³/mol. The Balaban J connectivity index is 0.000000279. The molecule has 0 amide bonds. The lowest BCUT2D eigenvalue weighted by Crippen LogP contribution is -2.11. The normalized spacial score (nSPS) is 11.6. The molecular formula is C31H32Br4O8P2. The Labute approximate surface area is 297 Å². The highest BCUT2D eigenvalue weighted by molar-refractivity contribution is 9.14. The summed E-state index contributed by atoms with van der Waals surface area (Å²) in [5.41, 5.74) is 0.617. The van der Waals surface area contributed by atoms with Crippen molar-refractivity contribution < 1.29 is 36.9 Å². The summed E-state index contributed by atoms with van der Waals surface area (Å²) < 4.78 is 55.6. The van der Waals surface area contributed by atoms with Crippen molar-refractivity contribution in [3.63, 3.8) is 0 Å². The number of halogens is 4. The number of para-hydroxylation sites is 3. The maximum Gasteiger partial charge on any atom is 0.530 e. The number of hydrogen-bond acceptors (Lipinski definition) is 8. The average molecular weight is 914 g/mol. The molecule has 0 radical (unpaired) electrons. The van der Waals surface area contributed by atoms with Crippen molar-refractivity contribution in [1.29, 1.82) is 0 Å². The van der Waals surface area contributed by atoms with Crippen LogP contribution in [0, 0.1) is 0 Å². The first kappa shape index (κ1) is 37.8. The fourth-order valence-corrected chi connectivity index (χ4v) is 9.76. The largest absolute Gasteiger partial charge is 0.530 e. The van der Waals surface area contributed by atoms with Crippen molar-refractivity contribution in [2.24, 2.45) is 0 Å². The van der Waals surface area contributed by atoms with Crippen LogP contribution in [0.1, 0.15) is 33.3 Å². The number of rotatable bonds is 12. The third-order valence-electron chi connectivity index (χ3n) is 5.30. The topological polar surface area (TPSA) is 101 Å². The molecule has 242 valence electrons. The van der Waals surface area contributed by atoms with Gasteiger partial charge in [0.1, 0.15) is 29.2 Å². The molecule has 1 N–H and O–H groups in total. The highest BCUT2D eigenvalue weighted by Gasteiger charge is 2.33. The third kappa shape index (κ3) is 11.8. The van der Waals surface area contributed by atoms with Crippen LogP contribution in [0.4, 0.5) is 0 Å². The number of phenols is 1. The van der Waals surface area contributed by atoms with Crippen LogP contribution >= 0.6 is 79.1 Å². The molecule has 4 rings (SSSR count). The minimum absolute atomic E-state index is 0.0188. The van der Waals surface area contributed by atoms with Gasteiger partial charge < -0.3 is 18.7 Å². The van der Waals surface area contributed by atoms with E-state index < -0.39 is 15.4 Å². The monoisotopic (exact) mass is 910 g/mol. The molecule has 0 heterocycles. The smallest absolute Gasteiger partial charge is 0.505 e. The van der Waals surface area contributed by atoms with E-state index >= 15 is 0 Å². The number of hydrogen-bond donors (Lipinski definition) is 1. The molecule has 0 saturated carbocycles. The summed E-state index contributed by atoms with van der Waals surface area (Å²) in [5.74, 6) is 1.36. The van der Waals surface area contributed by atoms with Crippen LogP contribution in [0.3, 0.4) is 0 Å². The summed E-state index contributed by atoms with van der Waals surface area (Å²) in [6.45, 7) is 7.13. The van der Waals surface area contributed by atoms with Gasteiger partial charge in [0.15, 0.2) is 0 Å². The zero-order chi connectivity index (χ0) is 33.2. The van der Waals surface area contributed by atoms with Gasteiger partial charge in [-0.3, -0.25) is 9.05 Å². The lowest BCUT2D eigenvalue weighted by Gasteiger charge is -2.22. The molecule has 0 atom stereocenters. The Hall–Kier alpha value is -1.62. The van der Waals surface area contributed by atoms with Crippen LogP contribution < -0.4 is 13.6 Å². The molecule has 0 fully saturated rings. The lowest BCUT2D eigenvalue weighted by molar-refractivity contribution is 0.103. The van der Waals surface area contributed by atoms with Crippen LogP contribution in [0.15, 0.2) is 109 Å². The van der Waals surface area contributed by atoms with E-state index in [0.717, 1.165) is 0 Å². The van der Waals surface area contributed by atoms with Gasteiger partial charge >= 0.3 is 15.4 Å². The predicted octanol–water partition coefficient (Wildman–Crippen LogP) is 12.3. The maximum absolute atomic E-state index is 13.8. The second kappa shape index (κ2) is 17.5. The van der Waals surface area contributed by atoms with Gasteiger partial charge in [0.2, 0.25) is 0 Å². The van der Waals surface area contributed by atoms with E-state index in [9.17, 15) is 14.2 Å². The Morgan fingerprint density at radius 1 is 0.578 bits per heavy atom. The van der Waals surface area contributed by atoms with E-state index in [1.54, 1.807) is 100 Å². The molecule has 0 bridgehead atoms. The highest BCUT2D eigenvalue weighted by atomic mass is 79.9. The number of benzene rings is 4. The minimum atomic E-state index is -3.68. The first-order valence-electron chi connectivity index (χ1n) is 13.6. The van der Waals surface area contributed by atoms with Crippen LogP contribution in [0.2, 0.25) is 0 Å². The standard InChI is InChI=1S/C19H13Br4O4P.C12H19O4P/c20-15-14(16(21)18(23)19(24)17(15)22)11-28(25,26-12-7-3-1-4-8-12)27-13-9-5-2-6-10-13;1-10(2)14-17(13,15-11(3)4)16-12-8-6-5-7-9-12/h1-10,24H,11H2;5-11H,1-4H3. The molecule has 0 aliphatic carbocycles. The van der Waals surface area contributed by atoms with Gasteiger partial charge in [-0.1, -0.05) is 54.6 Å². The molecule has 45 heavy (non-hydrogen) atoms. The van der Waals surface area contributed by atoms with Gasteiger partial charge in [0, 0.05) is 8.95 Å². The van der Waals surface area contributed by atoms with Crippen LogP contribution in [0.25, 0.3) is 0 Å². The second-order valence-electron chi connectivity index (χ2n) is 9.82. The highest BCUT2D eigenvalue weighted by Crippen LogP contribution is 2.56. The maximum atomic E-state index is 13.8. The van der Waals surface area contributed by atoms with Crippen LogP contribution in [-0.2, 0) is 24.3 Å². The van der Waals surface area contributed by atoms with Gasteiger partial charge in [0.05, 0.1) is 21.2 Å². The van der Waals surface area contributed by atoms with Crippen molar-refractivity contribution in [2.45, 2.75) is 46.1 Å². The molecule has 0 aromatic heterocycles. The Morgan fingerprint density at radius 2 is 0.911 bits per heavy atom. The first-order chi connectivity index (χ1) is 21.2. The Kier molecular flexibility index (Phi) is 14.7. The minimum Gasteiger partial charge on any atom is -0.505 e. The molecule has 14 heteroatoms. The number of phosphoric acid groups is 1. The van der Waals surface area contributed by atoms with Crippen molar-refractivity contribution in [2.75, 3.05) is 0 Å². The summed E-state index contributed by atoms with van der Waals surface area (Å²) >= 11 is 13.6. The van der Waals surface area contributed by atoms with Gasteiger partial charge in [0.25, 0.3) is 0 Å². The van der Waals surface area contributed by atoms with E-state index in [0.29, 0.717) is 40.7 Å². The zero-order valence-corrected chi connectivity index (χ0v) is 32.9. The molecule has 0 aliphatic heterocycles. The lowest BCUT2D eigenvalue weighted by atomic mass is 10.2. The van der Waals surface area contributed by atoms with E-state index in [4.69, 9.17) is 22.6 Å². The quantitative estimate of drug-likeness (QED) is 0.111. The van der Waals surface area contributed by atoms with Crippen LogP contribution in [0.5, 0.6) is 23.0 Å². The van der Waals surface area contributed by atoms with E-state index in [-0.39, 0.29) is 24.1 Å². The molecule has 0 saturated heterocycles. The summed E-state index contributed by atoms with van der Waals surface area (Å²) in [7, 11) is -7.23. The fourth-order valence-electron chi connectivity index (χ4n) is 3.56. The number of phosphoric ester groups is 1. The molecule has 0 unspecified atom stereocenters. The molecule has 0 spiro atoms. The van der Waals surface area contributed by atoms with Crippen molar-refractivity contribution in [3.8, 4) is 23.0 Å². The summed E-state index contributed by atoms with van der Waals surface area (Å²) in [5, 5.41) is 10.2. The zero-order valence-electron chi connectivity index (χ0n) is 24.7. The fraction of sp³-hybridized carbons (Fsp3) is 0.226. The molecular weight excluding hydrogens is 882 g/mol. The second-order valence-corrected chi connectivity index (χ2v) is 16.4. The number of phenolic OH excluding ortho intramolecular Hbond substituents is 1. The molecule has 4 aromatic carbocycles. The Bertz CT molecular complexity index is 1540. The van der Waals surface area contributed by atoms with E-state index in [2.05, 4.69) is 63.7 Å². The van der Waals surface area contributed by atoms with Gasteiger partial charge in [-0.05, 0) is 133 Å². The van der Waals surface area contributed by atoms with Crippen molar-refractivity contribution >= 4 is 79.1 Å². The van der Waals surface area contributed by atoms with E-state index in [1.165, 1.54) is 0 Å². The Morgan fingerprint density at radius 3 is 1.24 bits per heavy atom. The molecule has 0 aliphatic rings. The third-order valence-corrected chi connectivity index (χ3v) is 13.1. The molecule has 4 aromatic rings. The van der Waals surface area contributed by atoms with E-state index in [1.807, 2.05) is 18.2 Å². The van der Waals surface area contributed by atoms with Gasteiger partial charge in [-0.15, -0.1) is 0 Å². The van der Waals surface area contributed by atoms with Crippen molar-refractivity contribution in [3.05, 3.63) is 114 Å². The summed E-state index contributed by atoms with van der Waals surface area (Å²) in [6, 6.07) is 26.6. The summed E-state index contributed by atoms with van der Waals surface area (Å²) in [6.07, 6.45) is -0.512. The first-order valence-corrected chi connectivity index (χ1v) is 19.9. The SMILES string of the molecule is CC(C)OP(=O)(Oc1ccccc1)OC(C)C.O=P(Cc1c(Br)c(Br)c(O)c(Br)c1Br)(Oc1ccccc1)Oc1ccccc1. The molecule has 8 nitrogen and oxygen atoms in total.